The van der Waals surface area contributed by atoms with Crippen molar-refractivity contribution in [1.29, 1.82) is 0 Å². The van der Waals surface area contributed by atoms with Gasteiger partial charge in [0.25, 0.3) is 0 Å². The van der Waals surface area contributed by atoms with Crippen LogP contribution in [0.1, 0.15) is 26.7 Å². The molecule has 2 unspecified atom stereocenters. The minimum atomic E-state index is -0.383. The molecular weight excluding hydrogens is 196 g/mol. The van der Waals surface area contributed by atoms with Gasteiger partial charge in [0.05, 0.1) is 18.8 Å². The molecule has 0 aliphatic heterocycles. The third kappa shape index (κ3) is 8.20. The largest absolute Gasteiger partial charge is 0.393 e. The number of urea groups is 1. The van der Waals surface area contributed by atoms with Gasteiger partial charge in [0.2, 0.25) is 0 Å². The van der Waals surface area contributed by atoms with E-state index >= 15 is 0 Å². The van der Waals surface area contributed by atoms with Crippen molar-refractivity contribution in [3.63, 3.8) is 0 Å². The predicted octanol–water partition coefficient (Wildman–Crippen LogP) is 0.481. The Bertz CT molecular complexity index is 174. The zero-order chi connectivity index (χ0) is 11.7. The molecule has 0 fully saturated rings. The lowest BCUT2D eigenvalue weighted by molar-refractivity contribution is 0.162. The summed E-state index contributed by atoms with van der Waals surface area (Å²) in [4.78, 5) is 11.3. The van der Waals surface area contributed by atoms with Crippen LogP contribution in [-0.4, -0.2) is 43.5 Å². The van der Waals surface area contributed by atoms with Crippen molar-refractivity contribution < 1.29 is 14.6 Å². The number of rotatable bonds is 7. The van der Waals surface area contributed by atoms with Gasteiger partial charge < -0.3 is 20.5 Å². The van der Waals surface area contributed by atoms with Crippen LogP contribution < -0.4 is 10.6 Å². The number of aliphatic hydroxyl groups is 1. The van der Waals surface area contributed by atoms with Gasteiger partial charge in [0.15, 0.2) is 0 Å². The number of carbonyl (C=O) groups excluding carboxylic acids is 1. The maximum atomic E-state index is 11.3. The van der Waals surface area contributed by atoms with E-state index in [4.69, 9.17) is 9.84 Å². The average molecular weight is 218 g/mol. The van der Waals surface area contributed by atoms with E-state index in [1.54, 1.807) is 14.0 Å². The Morgan fingerprint density at radius 1 is 1.53 bits per heavy atom. The van der Waals surface area contributed by atoms with Crippen LogP contribution in [0.15, 0.2) is 0 Å². The molecule has 0 bridgehead atoms. The van der Waals surface area contributed by atoms with Gasteiger partial charge in [-0.2, -0.15) is 0 Å². The van der Waals surface area contributed by atoms with Gasteiger partial charge >= 0.3 is 6.03 Å². The molecular formula is C10H22N2O3. The van der Waals surface area contributed by atoms with Gasteiger partial charge in [-0.1, -0.05) is 6.92 Å². The minimum Gasteiger partial charge on any atom is -0.393 e. The lowest BCUT2D eigenvalue weighted by atomic mass is 10.2. The lowest BCUT2D eigenvalue weighted by Crippen LogP contribution is -2.44. The van der Waals surface area contributed by atoms with E-state index in [9.17, 15) is 4.79 Å². The Hall–Kier alpha value is -0.810. The van der Waals surface area contributed by atoms with E-state index < -0.39 is 0 Å². The van der Waals surface area contributed by atoms with Crippen LogP contribution in [0.4, 0.5) is 4.79 Å². The van der Waals surface area contributed by atoms with Gasteiger partial charge in [-0.15, -0.1) is 0 Å². The van der Waals surface area contributed by atoms with Crippen molar-refractivity contribution in [3.8, 4) is 0 Å². The normalized spacial score (nSPS) is 14.4. The SMILES string of the molecule is CCC(COC)NC(=O)NCCC(C)O. The van der Waals surface area contributed by atoms with Crippen LogP contribution in [0.3, 0.4) is 0 Å². The van der Waals surface area contributed by atoms with Crippen molar-refractivity contribution >= 4 is 6.03 Å². The second kappa shape index (κ2) is 8.49. The molecule has 0 aromatic carbocycles. The van der Waals surface area contributed by atoms with E-state index in [-0.39, 0.29) is 18.2 Å². The van der Waals surface area contributed by atoms with Crippen molar-refractivity contribution in [3.05, 3.63) is 0 Å². The highest BCUT2D eigenvalue weighted by Crippen LogP contribution is 1.91. The van der Waals surface area contributed by atoms with Gasteiger partial charge in [-0.25, -0.2) is 4.79 Å². The highest BCUT2D eigenvalue weighted by atomic mass is 16.5. The van der Waals surface area contributed by atoms with Crippen molar-refractivity contribution in [2.45, 2.75) is 38.8 Å². The zero-order valence-electron chi connectivity index (χ0n) is 9.75. The first-order valence-electron chi connectivity index (χ1n) is 5.31. The van der Waals surface area contributed by atoms with Crippen LogP contribution in [-0.2, 0) is 4.74 Å². The quantitative estimate of drug-likeness (QED) is 0.582. The summed E-state index contributed by atoms with van der Waals surface area (Å²) in [6, 6.07) is -0.166. The Balaban J connectivity index is 3.61. The third-order valence-electron chi connectivity index (χ3n) is 2.04. The molecule has 0 saturated heterocycles. The smallest absolute Gasteiger partial charge is 0.315 e. The number of amides is 2. The van der Waals surface area contributed by atoms with E-state index in [0.29, 0.717) is 19.6 Å². The van der Waals surface area contributed by atoms with Gasteiger partial charge in [-0.3, -0.25) is 0 Å². The topological polar surface area (TPSA) is 70.6 Å². The molecule has 5 heteroatoms. The number of aliphatic hydroxyl groups excluding tert-OH is 1. The minimum absolute atomic E-state index is 0.0431. The number of hydrogen-bond donors (Lipinski definition) is 3. The first kappa shape index (κ1) is 14.2. The summed E-state index contributed by atoms with van der Waals surface area (Å²) in [5.74, 6) is 0. The molecule has 0 aromatic heterocycles. The van der Waals surface area contributed by atoms with Gasteiger partial charge in [0, 0.05) is 13.7 Å². The Labute approximate surface area is 91.2 Å². The molecule has 3 N–H and O–H groups in total. The zero-order valence-corrected chi connectivity index (χ0v) is 9.75. The summed E-state index contributed by atoms with van der Waals surface area (Å²) >= 11 is 0. The summed E-state index contributed by atoms with van der Waals surface area (Å²) in [5, 5.41) is 14.4. The fraction of sp³-hybridized carbons (Fsp3) is 0.900. The lowest BCUT2D eigenvalue weighted by Gasteiger charge is -2.16. The van der Waals surface area contributed by atoms with Gasteiger partial charge in [-0.05, 0) is 19.8 Å². The first-order chi connectivity index (χ1) is 7.10. The van der Waals surface area contributed by atoms with Crippen molar-refractivity contribution in [2.24, 2.45) is 0 Å². The summed E-state index contributed by atoms with van der Waals surface area (Å²) < 4.78 is 4.96. The molecule has 0 aromatic rings. The molecule has 0 aliphatic rings. The molecule has 0 saturated carbocycles. The van der Waals surface area contributed by atoms with Gasteiger partial charge in [0.1, 0.15) is 0 Å². The van der Waals surface area contributed by atoms with Crippen LogP contribution in [0.2, 0.25) is 0 Å². The molecule has 0 heterocycles. The van der Waals surface area contributed by atoms with Crippen LogP contribution in [0, 0.1) is 0 Å². The van der Waals surface area contributed by atoms with Crippen LogP contribution in [0.25, 0.3) is 0 Å². The van der Waals surface area contributed by atoms with E-state index in [2.05, 4.69) is 10.6 Å². The second-order valence-electron chi connectivity index (χ2n) is 3.60. The summed E-state index contributed by atoms with van der Waals surface area (Å²) in [7, 11) is 1.61. The van der Waals surface area contributed by atoms with Crippen molar-refractivity contribution in [1.82, 2.24) is 10.6 Å². The summed E-state index contributed by atoms with van der Waals surface area (Å²) in [6.45, 7) is 4.67. The summed E-state index contributed by atoms with van der Waals surface area (Å²) in [6.07, 6.45) is 1.01. The Kier molecular flexibility index (Phi) is 8.04. The molecule has 15 heavy (non-hydrogen) atoms. The maximum Gasteiger partial charge on any atom is 0.315 e. The highest BCUT2D eigenvalue weighted by Gasteiger charge is 2.09. The molecule has 2 amide bonds. The Morgan fingerprint density at radius 2 is 2.20 bits per heavy atom. The molecule has 5 nitrogen and oxygen atoms in total. The standard InChI is InChI=1S/C10H22N2O3/c1-4-9(7-15-3)12-10(14)11-6-5-8(2)13/h8-9,13H,4-7H2,1-3H3,(H2,11,12,14). The number of methoxy groups -OCH3 is 1. The van der Waals surface area contributed by atoms with Crippen molar-refractivity contribution in [2.75, 3.05) is 20.3 Å². The van der Waals surface area contributed by atoms with Crippen LogP contribution in [0.5, 0.6) is 0 Å². The van der Waals surface area contributed by atoms with Crippen LogP contribution >= 0.6 is 0 Å². The number of carbonyl (C=O) groups is 1. The molecule has 0 spiro atoms. The predicted molar refractivity (Wildman–Crippen MR) is 58.8 cm³/mol. The maximum absolute atomic E-state index is 11.3. The fourth-order valence-corrected chi connectivity index (χ4v) is 1.09. The molecule has 90 valence electrons. The molecule has 0 aliphatic carbocycles. The first-order valence-corrected chi connectivity index (χ1v) is 5.31. The van der Waals surface area contributed by atoms with E-state index in [0.717, 1.165) is 6.42 Å². The van der Waals surface area contributed by atoms with E-state index in [1.807, 2.05) is 6.92 Å². The Morgan fingerprint density at radius 3 is 2.67 bits per heavy atom. The fourth-order valence-electron chi connectivity index (χ4n) is 1.09. The average Bonchev–Trinajstić information content (AvgIpc) is 2.16. The molecule has 0 rings (SSSR count). The molecule has 0 radical (unpaired) electrons. The number of nitrogens with one attached hydrogen (secondary N) is 2. The number of ether oxygens (including phenoxy) is 1. The third-order valence-corrected chi connectivity index (χ3v) is 2.04. The van der Waals surface area contributed by atoms with E-state index in [1.165, 1.54) is 0 Å². The second-order valence-corrected chi connectivity index (χ2v) is 3.60. The highest BCUT2D eigenvalue weighted by molar-refractivity contribution is 5.74. The molecule has 2 atom stereocenters. The monoisotopic (exact) mass is 218 g/mol. The number of hydrogen-bond acceptors (Lipinski definition) is 3. The summed E-state index contributed by atoms with van der Waals surface area (Å²) in [5.41, 5.74) is 0.